The van der Waals surface area contributed by atoms with Crippen molar-refractivity contribution < 1.29 is 14.7 Å². The standard InChI is InChI=1S/C21H23N5O3/c1-2-14-3-5-15(6-4-14)18-12-19(23-22-18)21(29)25-9-10-26-17(13-25)11-16(24-26)7-8-20(27)28/h3-6,11-12H,2,7-10,13H2,1H3,(H,22,23)(H,27,28). The number of fused-ring (bicyclic) bond motifs is 1. The first kappa shape index (κ1) is 18.9. The number of rotatable bonds is 6. The highest BCUT2D eigenvalue weighted by atomic mass is 16.4. The Balaban J connectivity index is 1.45. The van der Waals surface area contributed by atoms with Crippen LogP contribution >= 0.6 is 0 Å². The Morgan fingerprint density at radius 3 is 2.69 bits per heavy atom. The molecule has 1 aliphatic heterocycles. The molecule has 0 fully saturated rings. The van der Waals surface area contributed by atoms with Gasteiger partial charge >= 0.3 is 5.97 Å². The van der Waals surface area contributed by atoms with Crippen molar-refractivity contribution in [3.8, 4) is 11.3 Å². The van der Waals surface area contributed by atoms with E-state index < -0.39 is 5.97 Å². The van der Waals surface area contributed by atoms with Gasteiger partial charge in [0, 0.05) is 18.5 Å². The molecule has 1 aromatic carbocycles. The Bertz CT molecular complexity index is 1040. The molecule has 0 aliphatic carbocycles. The van der Waals surface area contributed by atoms with Crippen molar-refractivity contribution in [2.45, 2.75) is 39.3 Å². The Morgan fingerprint density at radius 2 is 1.97 bits per heavy atom. The maximum atomic E-state index is 12.9. The number of benzene rings is 1. The summed E-state index contributed by atoms with van der Waals surface area (Å²) in [6.45, 7) is 3.69. The largest absolute Gasteiger partial charge is 0.481 e. The predicted octanol–water partition coefficient (Wildman–Crippen LogP) is 2.51. The van der Waals surface area contributed by atoms with Crippen LogP contribution in [0.3, 0.4) is 0 Å². The topological polar surface area (TPSA) is 104 Å². The van der Waals surface area contributed by atoms with Crippen molar-refractivity contribution in [3.05, 3.63) is 59.0 Å². The molecule has 150 valence electrons. The van der Waals surface area contributed by atoms with Gasteiger partial charge in [0.25, 0.3) is 5.91 Å². The van der Waals surface area contributed by atoms with Crippen LogP contribution < -0.4 is 0 Å². The van der Waals surface area contributed by atoms with Crippen molar-refractivity contribution in [1.29, 1.82) is 0 Å². The quantitative estimate of drug-likeness (QED) is 0.670. The molecule has 0 unspecified atom stereocenters. The molecule has 29 heavy (non-hydrogen) atoms. The molecular formula is C21H23N5O3. The van der Waals surface area contributed by atoms with E-state index >= 15 is 0 Å². The van der Waals surface area contributed by atoms with E-state index in [1.165, 1.54) is 5.56 Å². The van der Waals surface area contributed by atoms with Gasteiger partial charge in [-0.1, -0.05) is 31.2 Å². The number of carbonyl (C=O) groups excluding carboxylic acids is 1. The van der Waals surface area contributed by atoms with Crippen LogP contribution in [0.5, 0.6) is 0 Å². The first-order valence-electron chi connectivity index (χ1n) is 9.75. The normalized spacial score (nSPS) is 13.3. The van der Waals surface area contributed by atoms with Gasteiger partial charge in [0.1, 0.15) is 5.69 Å². The summed E-state index contributed by atoms with van der Waals surface area (Å²) in [5.74, 6) is -0.944. The number of aromatic amines is 1. The lowest BCUT2D eigenvalue weighted by atomic mass is 10.1. The number of H-pyrrole nitrogens is 1. The van der Waals surface area contributed by atoms with E-state index in [1.807, 2.05) is 22.9 Å². The second-order valence-corrected chi connectivity index (χ2v) is 7.19. The number of carboxylic acids is 1. The summed E-state index contributed by atoms with van der Waals surface area (Å²) in [6, 6.07) is 11.8. The Morgan fingerprint density at radius 1 is 1.17 bits per heavy atom. The average molecular weight is 393 g/mol. The molecule has 0 spiro atoms. The number of carboxylic acid groups (broad SMARTS) is 1. The number of carbonyl (C=O) groups is 2. The second-order valence-electron chi connectivity index (χ2n) is 7.19. The van der Waals surface area contributed by atoms with Gasteiger partial charge in [0.15, 0.2) is 0 Å². The van der Waals surface area contributed by atoms with Crippen molar-refractivity contribution in [2.24, 2.45) is 0 Å². The second kappa shape index (κ2) is 7.90. The zero-order chi connectivity index (χ0) is 20.4. The fraction of sp³-hybridized carbons (Fsp3) is 0.333. The van der Waals surface area contributed by atoms with Crippen molar-refractivity contribution in [2.75, 3.05) is 6.54 Å². The van der Waals surface area contributed by atoms with Crippen LogP contribution in [0.2, 0.25) is 0 Å². The first-order chi connectivity index (χ1) is 14.0. The van der Waals surface area contributed by atoms with Gasteiger partial charge in [-0.15, -0.1) is 0 Å². The third-order valence-electron chi connectivity index (χ3n) is 5.20. The molecule has 1 aliphatic rings. The molecule has 4 rings (SSSR count). The zero-order valence-electron chi connectivity index (χ0n) is 16.3. The van der Waals surface area contributed by atoms with E-state index in [0.29, 0.717) is 31.7 Å². The zero-order valence-corrected chi connectivity index (χ0v) is 16.3. The number of aromatic nitrogens is 4. The number of amides is 1. The molecule has 0 atom stereocenters. The summed E-state index contributed by atoms with van der Waals surface area (Å²) in [4.78, 5) is 25.4. The van der Waals surface area contributed by atoms with Crippen LogP contribution in [0, 0.1) is 0 Å². The maximum absolute atomic E-state index is 12.9. The Labute approximate surface area is 168 Å². The van der Waals surface area contributed by atoms with E-state index in [-0.39, 0.29) is 12.3 Å². The number of hydrogen-bond acceptors (Lipinski definition) is 4. The molecule has 8 heteroatoms. The molecular weight excluding hydrogens is 370 g/mol. The first-order valence-corrected chi connectivity index (χ1v) is 9.75. The highest BCUT2D eigenvalue weighted by molar-refractivity contribution is 5.93. The van der Waals surface area contributed by atoms with Crippen LogP contribution in [-0.4, -0.2) is 48.4 Å². The van der Waals surface area contributed by atoms with Gasteiger partial charge in [-0.25, -0.2) is 0 Å². The number of aliphatic carboxylic acids is 1. The SMILES string of the molecule is CCc1ccc(-c2cc(C(=O)N3CCn4nc(CCC(=O)O)cc4C3)[nH]n2)cc1. The summed E-state index contributed by atoms with van der Waals surface area (Å²) in [6.07, 6.45) is 1.42. The van der Waals surface area contributed by atoms with E-state index in [0.717, 1.165) is 29.1 Å². The highest BCUT2D eigenvalue weighted by Gasteiger charge is 2.24. The summed E-state index contributed by atoms with van der Waals surface area (Å²) >= 11 is 0. The fourth-order valence-electron chi connectivity index (χ4n) is 3.52. The molecule has 2 aromatic heterocycles. The van der Waals surface area contributed by atoms with Gasteiger partial charge in [0.2, 0.25) is 0 Å². The van der Waals surface area contributed by atoms with Crippen LogP contribution in [0.25, 0.3) is 11.3 Å². The van der Waals surface area contributed by atoms with Gasteiger partial charge in [-0.05, 0) is 24.1 Å². The number of aryl methyl sites for hydroxylation is 2. The van der Waals surface area contributed by atoms with E-state index in [4.69, 9.17) is 5.11 Å². The smallest absolute Gasteiger partial charge is 0.303 e. The number of nitrogens with one attached hydrogen (secondary N) is 1. The molecule has 0 radical (unpaired) electrons. The summed E-state index contributed by atoms with van der Waals surface area (Å²) in [5.41, 5.74) is 5.09. The molecule has 0 saturated carbocycles. The highest BCUT2D eigenvalue weighted by Crippen LogP contribution is 2.21. The monoisotopic (exact) mass is 393 g/mol. The summed E-state index contributed by atoms with van der Waals surface area (Å²) in [7, 11) is 0. The minimum atomic E-state index is -0.841. The maximum Gasteiger partial charge on any atom is 0.303 e. The summed E-state index contributed by atoms with van der Waals surface area (Å²) in [5, 5.41) is 20.4. The third kappa shape index (κ3) is 4.06. The molecule has 8 nitrogen and oxygen atoms in total. The van der Waals surface area contributed by atoms with Crippen molar-refractivity contribution in [3.63, 3.8) is 0 Å². The molecule has 3 aromatic rings. The van der Waals surface area contributed by atoms with Crippen LogP contribution in [-0.2, 0) is 30.7 Å². The predicted molar refractivity (Wildman–Crippen MR) is 106 cm³/mol. The average Bonchev–Trinajstić information content (AvgIpc) is 3.38. The minimum absolute atomic E-state index is 0.0508. The van der Waals surface area contributed by atoms with Crippen LogP contribution in [0.4, 0.5) is 0 Å². The van der Waals surface area contributed by atoms with E-state index in [1.54, 1.807) is 11.0 Å². The van der Waals surface area contributed by atoms with Gasteiger partial charge in [-0.2, -0.15) is 10.2 Å². The fourth-order valence-corrected chi connectivity index (χ4v) is 3.52. The van der Waals surface area contributed by atoms with Gasteiger partial charge in [-0.3, -0.25) is 19.4 Å². The molecule has 0 saturated heterocycles. The number of nitrogens with zero attached hydrogens (tertiary/aromatic N) is 4. The lowest BCUT2D eigenvalue weighted by molar-refractivity contribution is -0.136. The molecule has 2 N–H and O–H groups in total. The lowest BCUT2D eigenvalue weighted by Crippen LogP contribution is -2.38. The summed E-state index contributed by atoms with van der Waals surface area (Å²) < 4.78 is 1.86. The van der Waals surface area contributed by atoms with Crippen molar-refractivity contribution in [1.82, 2.24) is 24.9 Å². The van der Waals surface area contributed by atoms with Crippen LogP contribution in [0.15, 0.2) is 36.4 Å². The van der Waals surface area contributed by atoms with Crippen molar-refractivity contribution >= 4 is 11.9 Å². The van der Waals surface area contributed by atoms with E-state index in [9.17, 15) is 9.59 Å². The van der Waals surface area contributed by atoms with Gasteiger partial charge < -0.3 is 10.0 Å². The van der Waals surface area contributed by atoms with E-state index in [2.05, 4.69) is 34.4 Å². The van der Waals surface area contributed by atoms with Crippen LogP contribution in [0.1, 0.15) is 40.8 Å². The lowest BCUT2D eigenvalue weighted by Gasteiger charge is -2.27. The molecule has 3 heterocycles. The third-order valence-corrected chi connectivity index (χ3v) is 5.20. The Kier molecular flexibility index (Phi) is 5.16. The van der Waals surface area contributed by atoms with Gasteiger partial charge in [0.05, 0.1) is 36.6 Å². The Hall–Kier alpha value is -3.42. The molecule has 1 amide bonds. The minimum Gasteiger partial charge on any atom is -0.481 e. The molecule has 0 bridgehead atoms. The number of hydrogen-bond donors (Lipinski definition) is 2.